The Morgan fingerprint density at radius 2 is 1.86 bits per heavy atom. The molecular weight excluding hydrogens is 354 g/mol. The number of anilines is 2. The molecule has 0 atom stereocenters. The van der Waals surface area contributed by atoms with E-state index in [0.29, 0.717) is 44.4 Å². The molecule has 1 aromatic carbocycles. The Morgan fingerprint density at radius 3 is 2.57 bits per heavy atom. The molecule has 0 aliphatic carbocycles. The summed E-state index contributed by atoms with van der Waals surface area (Å²) in [5, 5.41) is 3.37. The van der Waals surface area contributed by atoms with Crippen LogP contribution in [0.5, 0.6) is 0 Å². The van der Waals surface area contributed by atoms with Gasteiger partial charge in [0.25, 0.3) is 5.91 Å². The standard InChI is InChI=1S/C21H23N5O2/c1-16-14-19(22-15-17-6-3-2-4-7-17)24-21(23-16)26-11-9-25(10-12-26)20(27)18-8-5-13-28-18/h2-8,13-14H,9-12,15H2,1H3,(H,22,23,24). The van der Waals surface area contributed by atoms with E-state index in [1.54, 1.807) is 17.0 Å². The van der Waals surface area contributed by atoms with Crippen LogP contribution in [0.4, 0.5) is 11.8 Å². The molecule has 1 aliphatic rings. The van der Waals surface area contributed by atoms with Gasteiger partial charge in [0, 0.05) is 44.5 Å². The van der Waals surface area contributed by atoms with Gasteiger partial charge in [-0.05, 0) is 24.6 Å². The number of aromatic nitrogens is 2. The van der Waals surface area contributed by atoms with E-state index in [1.807, 2.05) is 31.2 Å². The Balaban J connectivity index is 1.39. The Kier molecular flexibility index (Phi) is 5.23. The van der Waals surface area contributed by atoms with Crippen molar-refractivity contribution in [3.05, 3.63) is 71.8 Å². The molecule has 1 aliphatic heterocycles. The van der Waals surface area contributed by atoms with E-state index in [2.05, 4.69) is 32.3 Å². The average molecular weight is 377 g/mol. The van der Waals surface area contributed by atoms with Crippen molar-refractivity contribution in [2.24, 2.45) is 0 Å². The molecule has 0 unspecified atom stereocenters. The molecule has 3 heterocycles. The van der Waals surface area contributed by atoms with Crippen molar-refractivity contribution in [2.75, 3.05) is 36.4 Å². The van der Waals surface area contributed by atoms with Crippen molar-refractivity contribution in [3.63, 3.8) is 0 Å². The summed E-state index contributed by atoms with van der Waals surface area (Å²) in [6.07, 6.45) is 1.52. The van der Waals surface area contributed by atoms with Gasteiger partial charge in [-0.25, -0.2) is 4.98 Å². The lowest BCUT2D eigenvalue weighted by molar-refractivity contribution is 0.0714. The van der Waals surface area contributed by atoms with Gasteiger partial charge < -0.3 is 19.5 Å². The minimum absolute atomic E-state index is 0.0694. The predicted molar refractivity (Wildman–Crippen MR) is 107 cm³/mol. The highest BCUT2D eigenvalue weighted by Crippen LogP contribution is 2.17. The van der Waals surface area contributed by atoms with Crippen molar-refractivity contribution in [2.45, 2.75) is 13.5 Å². The number of carbonyl (C=O) groups excluding carboxylic acids is 1. The first kappa shape index (κ1) is 18.0. The maximum Gasteiger partial charge on any atom is 0.289 e. The number of piperazine rings is 1. The second kappa shape index (κ2) is 8.12. The van der Waals surface area contributed by atoms with Gasteiger partial charge in [-0.2, -0.15) is 4.98 Å². The van der Waals surface area contributed by atoms with Crippen molar-refractivity contribution in [3.8, 4) is 0 Å². The molecule has 1 saturated heterocycles. The van der Waals surface area contributed by atoms with Crippen molar-refractivity contribution < 1.29 is 9.21 Å². The molecule has 7 heteroatoms. The summed E-state index contributed by atoms with van der Waals surface area (Å²) in [4.78, 5) is 25.6. The van der Waals surface area contributed by atoms with Crippen molar-refractivity contribution >= 4 is 17.7 Å². The highest BCUT2D eigenvalue weighted by Gasteiger charge is 2.25. The zero-order valence-electron chi connectivity index (χ0n) is 15.8. The highest BCUT2D eigenvalue weighted by molar-refractivity contribution is 5.91. The molecule has 1 amide bonds. The van der Waals surface area contributed by atoms with Crippen LogP contribution in [-0.4, -0.2) is 47.0 Å². The molecule has 1 N–H and O–H groups in total. The van der Waals surface area contributed by atoms with E-state index in [4.69, 9.17) is 4.42 Å². The number of rotatable bonds is 5. The van der Waals surface area contributed by atoms with E-state index in [0.717, 1.165) is 11.5 Å². The molecule has 0 saturated carbocycles. The molecule has 28 heavy (non-hydrogen) atoms. The number of amides is 1. The smallest absolute Gasteiger partial charge is 0.289 e. The molecule has 4 rings (SSSR count). The van der Waals surface area contributed by atoms with Gasteiger partial charge in [0.15, 0.2) is 5.76 Å². The maximum atomic E-state index is 12.4. The summed E-state index contributed by atoms with van der Waals surface area (Å²) in [6, 6.07) is 15.6. The van der Waals surface area contributed by atoms with Crippen LogP contribution in [-0.2, 0) is 6.54 Å². The Labute approximate surface area is 164 Å². The van der Waals surface area contributed by atoms with E-state index < -0.39 is 0 Å². The van der Waals surface area contributed by atoms with Crippen LogP contribution in [0.15, 0.2) is 59.2 Å². The van der Waals surface area contributed by atoms with Crippen LogP contribution >= 0.6 is 0 Å². The monoisotopic (exact) mass is 377 g/mol. The third-order valence-corrected chi connectivity index (χ3v) is 4.74. The summed E-state index contributed by atoms with van der Waals surface area (Å²) < 4.78 is 5.22. The van der Waals surface area contributed by atoms with Crippen LogP contribution in [0.2, 0.25) is 0 Å². The quantitative estimate of drug-likeness (QED) is 0.737. The number of carbonyl (C=O) groups is 1. The van der Waals surface area contributed by atoms with Crippen LogP contribution in [0.3, 0.4) is 0 Å². The number of nitrogens with one attached hydrogen (secondary N) is 1. The van der Waals surface area contributed by atoms with E-state index in [1.165, 1.54) is 11.8 Å². The maximum absolute atomic E-state index is 12.4. The summed E-state index contributed by atoms with van der Waals surface area (Å²) >= 11 is 0. The van der Waals surface area contributed by atoms with Crippen LogP contribution in [0.1, 0.15) is 21.8 Å². The molecule has 1 fully saturated rings. The molecule has 0 radical (unpaired) electrons. The zero-order valence-corrected chi connectivity index (χ0v) is 15.8. The second-order valence-corrected chi connectivity index (χ2v) is 6.79. The lowest BCUT2D eigenvalue weighted by Gasteiger charge is -2.34. The number of benzene rings is 1. The molecule has 144 valence electrons. The lowest BCUT2D eigenvalue weighted by atomic mass is 10.2. The predicted octanol–water partition coefficient (Wildman–Crippen LogP) is 2.95. The molecule has 0 spiro atoms. The zero-order chi connectivity index (χ0) is 19.3. The van der Waals surface area contributed by atoms with Gasteiger partial charge in [-0.3, -0.25) is 4.79 Å². The van der Waals surface area contributed by atoms with Crippen LogP contribution < -0.4 is 10.2 Å². The third kappa shape index (κ3) is 4.14. The Morgan fingerprint density at radius 1 is 1.07 bits per heavy atom. The Hall–Kier alpha value is -3.35. The van der Waals surface area contributed by atoms with Crippen molar-refractivity contribution in [1.29, 1.82) is 0 Å². The minimum atomic E-state index is -0.0694. The fourth-order valence-electron chi connectivity index (χ4n) is 3.24. The van der Waals surface area contributed by atoms with Gasteiger partial charge in [0.2, 0.25) is 5.95 Å². The summed E-state index contributed by atoms with van der Waals surface area (Å²) in [5.74, 6) is 1.81. The van der Waals surface area contributed by atoms with Gasteiger partial charge >= 0.3 is 0 Å². The molecule has 2 aromatic heterocycles. The minimum Gasteiger partial charge on any atom is -0.459 e. The van der Waals surface area contributed by atoms with E-state index in [9.17, 15) is 4.79 Å². The van der Waals surface area contributed by atoms with Crippen molar-refractivity contribution in [1.82, 2.24) is 14.9 Å². The van der Waals surface area contributed by atoms with Gasteiger partial charge in [-0.1, -0.05) is 30.3 Å². The van der Waals surface area contributed by atoms with Gasteiger partial charge in [0.1, 0.15) is 5.82 Å². The summed E-state index contributed by atoms with van der Waals surface area (Å²) in [6.45, 7) is 5.28. The number of nitrogens with zero attached hydrogens (tertiary/aromatic N) is 4. The fraction of sp³-hybridized carbons (Fsp3) is 0.286. The summed E-state index contributed by atoms with van der Waals surface area (Å²) in [5.41, 5.74) is 2.11. The normalized spacial score (nSPS) is 14.2. The fourth-order valence-corrected chi connectivity index (χ4v) is 3.24. The topological polar surface area (TPSA) is 74.5 Å². The largest absolute Gasteiger partial charge is 0.459 e. The number of aryl methyl sites for hydroxylation is 1. The highest BCUT2D eigenvalue weighted by atomic mass is 16.3. The molecular formula is C21H23N5O2. The van der Waals surface area contributed by atoms with Crippen LogP contribution in [0, 0.1) is 6.92 Å². The second-order valence-electron chi connectivity index (χ2n) is 6.79. The van der Waals surface area contributed by atoms with Crippen LogP contribution in [0.25, 0.3) is 0 Å². The molecule has 7 nitrogen and oxygen atoms in total. The third-order valence-electron chi connectivity index (χ3n) is 4.74. The SMILES string of the molecule is Cc1cc(NCc2ccccc2)nc(N2CCN(C(=O)c3ccco3)CC2)n1. The first-order chi connectivity index (χ1) is 13.7. The average Bonchev–Trinajstić information content (AvgIpc) is 3.27. The van der Waals surface area contributed by atoms with Gasteiger partial charge in [-0.15, -0.1) is 0 Å². The first-order valence-electron chi connectivity index (χ1n) is 9.40. The number of furan rings is 1. The number of hydrogen-bond acceptors (Lipinski definition) is 6. The summed E-state index contributed by atoms with van der Waals surface area (Å²) in [7, 11) is 0. The molecule has 0 bridgehead atoms. The first-order valence-corrected chi connectivity index (χ1v) is 9.40. The lowest BCUT2D eigenvalue weighted by Crippen LogP contribution is -2.49. The van der Waals surface area contributed by atoms with Gasteiger partial charge in [0.05, 0.1) is 6.26 Å². The van der Waals surface area contributed by atoms with E-state index in [-0.39, 0.29) is 5.91 Å². The Bertz CT molecular complexity index is 919. The van der Waals surface area contributed by atoms with E-state index >= 15 is 0 Å². The molecule has 3 aromatic rings. The number of hydrogen-bond donors (Lipinski definition) is 1.